The maximum absolute atomic E-state index is 13.0. The molecule has 0 atom stereocenters. The van der Waals surface area contributed by atoms with Crippen molar-refractivity contribution in [3.63, 3.8) is 0 Å². The molecule has 0 aliphatic rings. The van der Waals surface area contributed by atoms with Gasteiger partial charge in [-0.3, -0.25) is 4.79 Å². The zero-order chi connectivity index (χ0) is 16.3. The molecule has 2 rings (SSSR count). The maximum Gasteiger partial charge on any atom is 0.242 e. The normalized spacial score (nSPS) is 10.6. The fourth-order valence-corrected chi connectivity index (χ4v) is 2.62. The van der Waals surface area contributed by atoms with Crippen LogP contribution in [-0.2, 0) is 11.3 Å². The number of alkyl halides is 1. The van der Waals surface area contributed by atoms with E-state index in [1.165, 1.54) is 17.0 Å². The summed E-state index contributed by atoms with van der Waals surface area (Å²) in [5.74, 6) is -0.812. The van der Waals surface area contributed by atoms with Crippen LogP contribution in [0.25, 0.3) is 0 Å². The molecule has 22 heavy (non-hydrogen) atoms. The Morgan fingerprint density at radius 3 is 2.36 bits per heavy atom. The molecule has 2 aromatic rings. The highest BCUT2D eigenvalue weighted by atomic mass is 35.5. The molecule has 2 nitrogen and oxygen atoms in total. The Kier molecular flexibility index (Phi) is 5.68. The lowest BCUT2D eigenvalue weighted by atomic mass is 10.1. The molecule has 0 fully saturated rings. The number of hydrogen-bond donors (Lipinski definition) is 0. The minimum Gasteiger partial charge on any atom is -0.305 e. The van der Waals surface area contributed by atoms with Crippen LogP contribution >= 0.6 is 34.8 Å². The van der Waals surface area contributed by atoms with Gasteiger partial charge in [-0.1, -0.05) is 35.3 Å². The Morgan fingerprint density at radius 2 is 1.77 bits per heavy atom. The van der Waals surface area contributed by atoms with Gasteiger partial charge in [0, 0.05) is 5.02 Å². The largest absolute Gasteiger partial charge is 0.305 e. The molecular formula is C16H13Cl3FNO. The average molecular weight is 361 g/mol. The Hall–Kier alpha value is -1.29. The average Bonchev–Trinajstić information content (AvgIpc) is 2.52. The third-order valence-electron chi connectivity index (χ3n) is 3.26. The number of anilines is 1. The molecule has 0 unspecified atom stereocenters. The molecule has 2 aromatic carbocycles. The number of amides is 1. The fourth-order valence-electron chi connectivity index (χ4n) is 2.01. The van der Waals surface area contributed by atoms with Crippen molar-refractivity contribution in [2.45, 2.75) is 13.5 Å². The lowest BCUT2D eigenvalue weighted by Gasteiger charge is -2.24. The third-order valence-corrected chi connectivity index (χ3v) is 4.38. The van der Waals surface area contributed by atoms with Gasteiger partial charge in [-0.2, -0.15) is 0 Å². The third kappa shape index (κ3) is 3.72. The van der Waals surface area contributed by atoms with Gasteiger partial charge in [-0.25, -0.2) is 4.39 Å². The van der Waals surface area contributed by atoms with Crippen LogP contribution in [-0.4, -0.2) is 11.8 Å². The second-order valence-corrected chi connectivity index (χ2v) is 5.80. The standard InChI is InChI=1S/C16H13Cl3FNO/c1-10-13(18)6-7-14(16(10)19)21(15(22)8-17)9-11-2-4-12(20)5-3-11/h2-7H,8-9H2,1H3. The molecule has 0 radical (unpaired) electrons. The minimum absolute atomic E-state index is 0.181. The molecular weight excluding hydrogens is 348 g/mol. The van der Waals surface area contributed by atoms with Crippen molar-refractivity contribution in [3.8, 4) is 0 Å². The summed E-state index contributed by atoms with van der Waals surface area (Å²) in [5.41, 5.74) is 1.98. The van der Waals surface area contributed by atoms with Crippen LogP contribution in [0.3, 0.4) is 0 Å². The molecule has 0 saturated heterocycles. The number of rotatable bonds is 4. The number of halogens is 4. The summed E-state index contributed by atoms with van der Waals surface area (Å²) >= 11 is 18.0. The van der Waals surface area contributed by atoms with Crippen molar-refractivity contribution in [1.29, 1.82) is 0 Å². The quantitative estimate of drug-likeness (QED) is 0.685. The van der Waals surface area contributed by atoms with Crippen LogP contribution in [0.4, 0.5) is 10.1 Å². The lowest BCUT2D eigenvalue weighted by molar-refractivity contribution is -0.116. The van der Waals surface area contributed by atoms with Crippen LogP contribution < -0.4 is 4.90 Å². The van der Waals surface area contributed by atoms with Gasteiger partial charge in [0.05, 0.1) is 17.3 Å². The van der Waals surface area contributed by atoms with Gasteiger partial charge in [0.1, 0.15) is 11.7 Å². The fraction of sp³-hybridized carbons (Fsp3) is 0.188. The molecule has 0 saturated carbocycles. The number of carbonyl (C=O) groups excluding carboxylic acids is 1. The SMILES string of the molecule is Cc1c(Cl)ccc(N(Cc2ccc(F)cc2)C(=O)CCl)c1Cl. The molecule has 0 bridgehead atoms. The Bertz CT molecular complexity index is 689. The van der Waals surface area contributed by atoms with Crippen LogP contribution in [0, 0.1) is 12.7 Å². The second kappa shape index (κ2) is 7.32. The van der Waals surface area contributed by atoms with Crippen LogP contribution in [0.2, 0.25) is 10.0 Å². The van der Waals surface area contributed by atoms with E-state index in [9.17, 15) is 9.18 Å². The number of nitrogens with zero attached hydrogens (tertiary/aromatic N) is 1. The summed E-state index contributed by atoms with van der Waals surface area (Å²) in [6, 6.07) is 9.25. The minimum atomic E-state index is -0.334. The lowest BCUT2D eigenvalue weighted by Crippen LogP contribution is -2.31. The first-order chi connectivity index (χ1) is 10.4. The zero-order valence-electron chi connectivity index (χ0n) is 11.7. The molecule has 0 aliphatic carbocycles. The van der Waals surface area contributed by atoms with Crippen molar-refractivity contribution in [1.82, 2.24) is 0 Å². The van der Waals surface area contributed by atoms with Crippen molar-refractivity contribution in [3.05, 3.63) is 63.4 Å². The van der Waals surface area contributed by atoms with Crippen LogP contribution in [0.15, 0.2) is 36.4 Å². The van der Waals surface area contributed by atoms with E-state index in [-0.39, 0.29) is 24.1 Å². The summed E-state index contributed by atoms with van der Waals surface area (Å²) in [4.78, 5) is 13.6. The molecule has 0 aliphatic heterocycles. The highest BCUT2D eigenvalue weighted by Gasteiger charge is 2.20. The Balaban J connectivity index is 2.41. The van der Waals surface area contributed by atoms with E-state index >= 15 is 0 Å². The topological polar surface area (TPSA) is 20.3 Å². The maximum atomic E-state index is 13.0. The van der Waals surface area contributed by atoms with Crippen LogP contribution in [0.5, 0.6) is 0 Å². The van der Waals surface area contributed by atoms with Crippen LogP contribution in [0.1, 0.15) is 11.1 Å². The van der Waals surface area contributed by atoms with Crippen molar-refractivity contribution in [2.75, 3.05) is 10.8 Å². The molecule has 1 amide bonds. The van der Waals surface area contributed by atoms with E-state index < -0.39 is 0 Å². The first-order valence-corrected chi connectivity index (χ1v) is 7.78. The van der Waals surface area contributed by atoms with E-state index in [0.717, 1.165) is 5.56 Å². The Morgan fingerprint density at radius 1 is 1.14 bits per heavy atom. The first kappa shape index (κ1) is 17.1. The molecule has 0 spiro atoms. The van der Waals surface area contributed by atoms with Gasteiger partial charge in [-0.05, 0) is 42.3 Å². The predicted octanol–water partition coefficient (Wildman–Crippen LogP) is 5.21. The summed E-state index contributed by atoms with van der Waals surface area (Å²) in [7, 11) is 0. The number of carbonyl (C=O) groups is 1. The van der Waals surface area contributed by atoms with Gasteiger partial charge in [0.25, 0.3) is 0 Å². The molecule has 0 N–H and O–H groups in total. The molecule has 6 heteroatoms. The Labute approximate surface area is 143 Å². The summed E-state index contributed by atoms with van der Waals surface area (Å²) in [6.07, 6.45) is 0. The van der Waals surface area contributed by atoms with E-state index in [4.69, 9.17) is 34.8 Å². The zero-order valence-corrected chi connectivity index (χ0v) is 14.0. The van der Waals surface area contributed by atoms with Gasteiger partial charge in [-0.15, -0.1) is 11.6 Å². The van der Waals surface area contributed by atoms with Crippen molar-refractivity contribution in [2.24, 2.45) is 0 Å². The van der Waals surface area contributed by atoms with E-state index in [1.807, 2.05) is 0 Å². The molecule has 0 aromatic heterocycles. The van der Waals surface area contributed by atoms with Crippen molar-refractivity contribution >= 4 is 46.4 Å². The van der Waals surface area contributed by atoms with E-state index in [0.29, 0.717) is 21.3 Å². The van der Waals surface area contributed by atoms with Crippen molar-refractivity contribution < 1.29 is 9.18 Å². The predicted molar refractivity (Wildman–Crippen MR) is 89.5 cm³/mol. The van der Waals surface area contributed by atoms with Gasteiger partial charge in [0.2, 0.25) is 5.91 Å². The van der Waals surface area contributed by atoms with Gasteiger partial charge in [0.15, 0.2) is 0 Å². The highest BCUT2D eigenvalue weighted by molar-refractivity contribution is 6.38. The van der Waals surface area contributed by atoms with Gasteiger partial charge < -0.3 is 4.90 Å². The highest BCUT2D eigenvalue weighted by Crippen LogP contribution is 2.34. The number of benzene rings is 2. The van der Waals surface area contributed by atoms with Gasteiger partial charge >= 0.3 is 0 Å². The smallest absolute Gasteiger partial charge is 0.242 e. The van der Waals surface area contributed by atoms with E-state index in [2.05, 4.69) is 0 Å². The molecule has 0 heterocycles. The summed E-state index contributed by atoms with van der Waals surface area (Å²) in [5, 5.41) is 0.918. The van der Waals surface area contributed by atoms with E-state index in [1.54, 1.807) is 31.2 Å². The monoisotopic (exact) mass is 359 g/mol. The second-order valence-electron chi connectivity index (χ2n) is 4.75. The summed E-state index contributed by atoms with van der Waals surface area (Å²) < 4.78 is 13.0. The first-order valence-electron chi connectivity index (χ1n) is 6.49. The number of hydrogen-bond acceptors (Lipinski definition) is 1. The molecule has 116 valence electrons. The summed E-state index contributed by atoms with van der Waals surface area (Å²) in [6.45, 7) is 2.02.